The molecule has 0 spiro atoms. The van der Waals surface area contributed by atoms with Gasteiger partial charge in [0.1, 0.15) is 11.8 Å². The Hall–Kier alpha value is -2.57. The van der Waals surface area contributed by atoms with Gasteiger partial charge in [0.15, 0.2) is 0 Å². The number of halogens is 1. The molecule has 2 aromatic carbocycles. The second kappa shape index (κ2) is 10.3. The fourth-order valence-corrected chi connectivity index (χ4v) is 3.35. The zero-order valence-corrected chi connectivity index (χ0v) is 17.7. The SMILES string of the molecule is COc1cccc(NC(=O)[C@@H](NC(=O)[C@@H]2Cc3ccccc3CN2)C(C)C)c1.Cl. The van der Waals surface area contributed by atoms with E-state index in [1.807, 2.05) is 38.1 Å². The average molecular weight is 418 g/mol. The Kier molecular flexibility index (Phi) is 8.05. The van der Waals surface area contributed by atoms with Crippen LogP contribution in [0, 0.1) is 5.92 Å². The highest BCUT2D eigenvalue weighted by molar-refractivity contribution is 5.98. The van der Waals surface area contributed by atoms with Crippen LogP contribution in [0.5, 0.6) is 5.75 Å². The maximum absolute atomic E-state index is 12.8. The third kappa shape index (κ3) is 5.71. The Labute approximate surface area is 177 Å². The molecule has 2 atom stereocenters. The molecule has 0 fully saturated rings. The first-order valence-corrected chi connectivity index (χ1v) is 9.53. The molecule has 0 aliphatic carbocycles. The Morgan fingerprint density at radius 3 is 2.52 bits per heavy atom. The minimum atomic E-state index is -0.627. The van der Waals surface area contributed by atoms with Crippen molar-refractivity contribution in [1.29, 1.82) is 0 Å². The van der Waals surface area contributed by atoms with Crippen LogP contribution in [-0.2, 0) is 22.6 Å². The zero-order chi connectivity index (χ0) is 20.1. The van der Waals surface area contributed by atoms with E-state index in [9.17, 15) is 9.59 Å². The molecule has 2 amide bonds. The number of benzene rings is 2. The lowest BCUT2D eigenvalue weighted by Crippen LogP contribution is -2.54. The van der Waals surface area contributed by atoms with Gasteiger partial charge in [-0.25, -0.2) is 0 Å². The van der Waals surface area contributed by atoms with Gasteiger partial charge >= 0.3 is 0 Å². The second-order valence-electron chi connectivity index (χ2n) is 7.36. The minimum absolute atomic E-state index is 0. The molecule has 0 saturated heterocycles. The zero-order valence-electron chi connectivity index (χ0n) is 16.9. The van der Waals surface area contributed by atoms with Gasteiger partial charge in [-0.15, -0.1) is 12.4 Å². The molecule has 7 heteroatoms. The van der Waals surface area contributed by atoms with E-state index in [0.717, 1.165) is 0 Å². The van der Waals surface area contributed by atoms with Crippen molar-refractivity contribution in [2.75, 3.05) is 12.4 Å². The minimum Gasteiger partial charge on any atom is -0.497 e. The molecule has 0 saturated carbocycles. The van der Waals surface area contributed by atoms with Crippen molar-refractivity contribution < 1.29 is 14.3 Å². The number of hydrogen-bond acceptors (Lipinski definition) is 4. The van der Waals surface area contributed by atoms with Crippen molar-refractivity contribution in [3.63, 3.8) is 0 Å². The Balaban J connectivity index is 0.00000300. The van der Waals surface area contributed by atoms with Gasteiger partial charge in [-0.1, -0.05) is 44.2 Å². The van der Waals surface area contributed by atoms with Gasteiger partial charge in [-0.3, -0.25) is 9.59 Å². The van der Waals surface area contributed by atoms with Gasteiger partial charge in [0.05, 0.1) is 13.2 Å². The lowest BCUT2D eigenvalue weighted by molar-refractivity contribution is -0.128. The Morgan fingerprint density at radius 1 is 1.10 bits per heavy atom. The summed E-state index contributed by atoms with van der Waals surface area (Å²) in [5.74, 6) is 0.209. The van der Waals surface area contributed by atoms with E-state index in [2.05, 4.69) is 22.0 Å². The predicted octanol–water partition coefficient (Wildman–Crippen LogP) is 2.91. The number of rotatable bonds is 6. The van der Waals surface area contributed by atoms with Crippen molar-refractivity contribution in [2.24, 2.45) is 5.92 Å². The lowest BCUT2D eigenvalue weighted by atomic mass is 9.94. The second-order valence-corrected chi connectivity index (χ2v) is 7.36. The molecule has 1 heterocycles. The number of hydrogen-bond donors (Lipinski definition) is 3. The summed E-state index contributed by atoms with van der Waals surface area (Å²) < 4.78 is 5.19. The quantitative estimate of drug-likeness (QED) is 0.675. The van der Waals surface area contributed by atoms with Crippen molar-refractivity contribution in [2.45, 2.75) is 38.9 Å². The van der Waals surface area contributed by atoms with Crippen molar-refractivity contribution >= 4 is 29.9 Å². The van der Waals surface area contributed by atoms with Crippen molar-refractivity contribution in [1.82, 2.24) is 10.6 Å². The van der Waals surface area contributed by atoms with E-state index in [-0.39, 0.29) is 36.2 Å². The van der Waals surface area contributed by atoms with E-state index in [0.29, 0.717) is 24.4 Å². The molecule has 156 valence electrons. The first kappa shape index (κ1) is 22.7. The van der Waals surface area contributed by atoms with E-state index < -0.39 is 6.04 Å². The number of fused-ring (bicyclic) bond motifs is 1. The Morgan fingerprint density at radius 2 is 1.83 bits per heavy atom. The number of nitrogens with one attached hydrogen (secondary N) is 3. The topological polar surface area (TPSA) is 79.5 Å². The van der Waals surface area contributed by atoms with Gasteiger partial charge in [-0.05, 0) is 35.6 Å². The number of carbonyl (C=O) groups is 2. The highest BCUT2D eigenvalue weighted by Gasteiger charge is 2.29. The van der Waals surface area contributed by atoms with Gasteiger partial charge in [0.25, 0.3) is 0 Å². The fourth-order valence-electron chi connectivity index (χ4n) is 3.35. The number of ether oxygens (including phenoxy) is 1. The number of methoxy groups -OCH3 is 1. The highest BCUT2D eigenvalue weighted by atomic mass is 35.5. The maximum Gasteiger partial charge on any atom is 0.247 e. The molecule has 3 rings (SSSR count). The summed E-state index contributed by atoms with van der Waals surface area (Å²) in [5.41, 5.74) is 3.01. The molecule has 1 aliphatic rings. The predicted molar refractivity (Wildman–Crippen MR) is 116 cm³/mol. The summed E-state index contributed by atoms with van der Waals surface area (Å²) >= 11 is 0. The lowest BCUT2D eigenvalue weighted by Gasteiger charge is -2.28. The van der Waals surface area contributed by atoms with Crippen LogP contribution in [0.25, 0.3) is 0 Å². The van der Waals surface area contributed by atoms with Gasteiger partial charge < -0.3 is 20.7 Å². The molecule has 3 N–H and O–H groups in total. The summed E-state index contributed by atoms with van der Waals surface area (Å²) in [5, 5.41) is 9.05. The van der Waals surface area contributed by atoms with Crippen LogP contribution in [0.2, 0.25) is 0 Å². The van der Waals surface area contributed by atoms with Crippen molar-refractivity contribution in [3.05, 3.63) is 59.7 Å². The first-order valence-electron chi connectivity index (χ1n) is 9.53. The molecular formula is C22H28ClN3O3. The molecule has 0 aromatic heterocycles. The van der Waals surface area contributed by atoms with E-state index >= 15 is 0 Å². The number of carbonyl (C=O) groups excluding carboxylic acids is 2. The highest BCUT2D eigenvalue weighted by Crippen LogP contribution is 2.19. The van der Waals surface area contributed by atoms with Gasteiger partial charge in [0.2, 0.25) is 11.8 Å². The largest absolute Gasteiger partial charge is 0.497 e. The number of amides is 2. The molecule has 2 aromatic rings. The maximum atomic E-state index is 12.8. The summed E-state index contributed by atoms with van der Waals surface area (Å²) in [6.07, 6.45) is 0.615. The molecule has 0 bridgehead atoms. The third-order valence-electron chi connectivity index (χ3n) is 4.98. The van der Waals surface area contributed by atoms with Gasteiger partial charge in [-0.2, -0.15) is 0 Å². The summed E-state index contributed by atoms with van der Waals surface area (Å²) in [6.45, 7) is 4.48. The normalized spacial score (nSPS) is 16.2. The molecule has 0 unspecified atom stereocenters. The van der Waals surface area contributed by atoms with Crippen molar-refractivity contribution in [3.8, 4) is 5.75 Å². The first-order chi connectivity index (χ1) is 13.5. The third-order valence-corrected chi connectivity index (χ3v) is 4.98. The fraction of sp³-hybridized carbons (Fsp3) is 0.364. The van der Waals surface area contributed by atoms with E-state index in [1.165, 1.54) is 11.1 Å². The smallest absolute Gasteiger partial charge is 0.247 e. The van der Waals surface area contributed by atoms with Gasteiger partial charge in [0, 0.05) is 18.3 Å². The summed E-state index contributed by atoms with van der Waals surface area (Å²) in [4.78, 5) is 25.6. The average Bonchev–Trinajstić information content (AvgIpc) is 2.71. The summed E-state index contributed by atoms with van der Waals surface area (Å²) in [7, 11) is 1.58. The summed E-state index contributed by atoms with van der Waals surface area (Å²) in [6, 6.07) is 14.3. The molecule has 6 nitrogen and oxygen atoms in total. The van der Waals surface area contributed by atoms with Crippen LogP contribution >= 0.6 is 12.4 Å². The standard InChI is InChI=1S/C22H27N3O3.ClH/c1-14(2)20(22(27)24-17-9-6-10-18(12-17)28-3)25-21(26)19-11-15-7-4-5-8-16(15)13-23-19;/h4-10,12,14,19-20,23H,11,13H2,1-3H3,(H,24,27)(H,25,26);1H/t19-,20-;/m0./s1. The molecule has 29 heavy (non-hydrogen) atoms. The molecular weight excluding hydrogens is 390 g/mol. The van der Waals surface area contributed by atoms with Crippen LogP contribution in [0.4, 0.5) is 5.69 Å². The monoisotopic (exact) mass is 417 g/mol. The van der Waals surface area contributed by atoms with Crippen LogP contribution in [0.3, 0.4) is 0 Å². The van der Waals surface area contributed by atoms with Crippen LogP contribution in [-0.4, -0.2) is 31.0 Å². The Bertz CT molecular complexity index is 857. The molecule has 0 radical (unpaired) electrons. The van der Waals surface area contributed by atoms with E-state index in [4.69, 9.17) is 4.74 Å². The van der Waals surface area contributed by atoms with E-state index in [1.54, 1.807) is 25.3 Å². The van der Waals surface area contributed by atoms with Crippen LogP contribution in [0.1, 0.15) is 25.0 Å². The molecule has 1 aliphatic heterocycles. The number of anilines is 1. The van der Waals surface area contributed by atoms with Crippen LogP contribution < -0.4 is 20.7 Å². The van der Waals surface area contributed by atoms with Crippen LogP contribution in [0.15, 0.2) is 48.5 Å².